The van der Waals surface area contributed by atoms with E-state index in [-0.39, 0.29) is 28.8 Å². The first-order valence-corrected chi connectivity index (χ1v) is 5.97. The second kappa shape index (κ2) is 4.37. The zero-order valence-electron chi connectivity index (χ0n) is 7.51. The van der Waals surface area contributed by atoms with Crippen molar-refractivity contribution in [3.05, 3.63) is 17.2 Å². The Balaban J connectivity index is 0.00000112. The molecule has 0 spiro atoms. The van der Waals surface area contributed by atoms with Crippen LogP contribution in [0.15, 0.2) is 17.0 Å². The van der Waals surface area contributed by atoms with Crippen LogP contribution in [-0.4, -0.2) is 41.4 Å². The average Bonchev–Trinajstić information content (AvgIpc) is 2.50. The van der Waals surface area contributed by atoms with E-state index in [9.17, 15) is 8.42 Å². The summed E-state index contributed by atoms with van der Waals surface area (Å²) in [5.41, 5.74) is 0.507. The summed E-state index contributed by atoms with van der Waals surface area (Å²) in [4.78, 5) is -0.322. The van der Waals surface area contributed by atoms with Gasteiger partial charge in [-0.25, -0.2) is 0 Å². The van der Waals surface area contributed by atoms with Crippen LogP contribution in [-0.2, 0) is 10.1 Å². The molecule has 1 heterocycles. The molecule has 75 valence electrons. The van der Waals surface area contributed by atoms with Gasteiger partial charge in [-0.2, -0.15) is 8.42 Å². The maximum Gasteiger partial charge on any atom is 0.296 e. The van der Waals surface area contributed by atoms with E-state index >= 15 is 0 Å². The molecule has 2 rings (SSSR count). The summed E-state index contributed by atoms with van der Waals surface area (Å²) in [6, 6.07) is 2.63. The molecule has 1 N–H and O–H groups in total. The van der Waals surface area contributed by atoms with Crippen LogP contribution in [0.25, 0.3) is 10.2 Å². The molecule has 15 heavy (non-hydrogen) atoms. The average molecular weight is 258 g/mol. The second-order valence-electron chi connectivity index (χ2n) is 2.47. The van der Waals surface area contributed by atoms with E-state index in [0.29, 0.717) is 10.2 Å². The number of nitrogens with zero attached hydrogens (tertiary/aromatic N) is 2. The van der Waals surface area contributed by atoms with Crippen molar-refractivity contribution in [1.82, 2.24) is 9.59 Å². The normalized spacial score (nSPS) is 11.3. The molecule has 0 saturated heterocycles. The topological polar surface area (TPSA) is 80.2 Å². The van der Waals surface area contributed by atoms with Crippen molar-refractivity contribution < 1.29 is 13.0 Å². The van der Waals surface area contributed by atoms with E-state index in [4.69, 9.17) is 16.2 Å². The molecule has 2 aromatic rings. The van der Waals surface area contributed by atoms with Crippen LogP contribution in [0.1, 0.15) is 0 Å². The molecule has 0 aliphatic rings. The Morgan fingerprint density at radius 3 is 2.67 bits per heavy atom. The smallest absolute Gasteiger partial charge is 0.282 e. The molecular formula is C6H3ClLiN2O3S2. The summed E-state index contributed by atoms with van der Waals surface area (Å²) >= 11 is 6.73. The van der Waals surface area contributed by atoms with Crippen LogP contribution in [0.5, 0.6) is 0 Å². The molecule has 9 heteroatoms. The fraction of sp³-hybridized carbons (Fsp3) is 0. The van der Waals surface area contributed by atoms with E-state index in [1.807, 2.05) is 0 Å². The Morgan fingerprint density at radius 2 is 2.07 bits per heavy atom. The fourth-order valence-corrected chi connectivity index (χ4v) is 2.79. The van der Waals surface area contributed by atoms with Gasteiger partial charge in [-0.05, 0) is 23.7 Å². The number of aromatic nitrogens is 2. The van der Waals surface area contributed by atoms with E-state index in [1.54, 1.807) is 0 Å². The second-order valence-corrected chi connectivity index (χ2v) is 5.00. The first kappa shape index (κ1) is 12.9. The van der Waals surface area contributed by atoms with Crippen molar-refractivity contribution in [3.63, 3.8) is 0 Å². The molecule has 0 saturated carbocycles. The summed E-state index contributed by atoms with van der Waals surface area (Å²) in [6.07, 6.45) is 0. The summed E-state index contributed by atoms with van der Waals surface area (Å²) in [7, 11) is -4.28. The zero-order valence-corrected chi connectivity index (χ0v) is 9.90. The quantitative estimate of drug-likeness (QED) is 0.613. The first-order valence-electron chi connectivity index (χ1n) is 3.38. The van der Waals surface area contributed by atoms with Crippen LogP contribution in [0.2, 0.25) is 5.02 Å². The zero-order chi connectivity index (χ0) is 10.3. The minimum absolute atomic E-state index is 0. The maximum atomic E-state index is 10.9. The minimum Gasteiger partial charge on any atom is -0.282 e. The van der Waals surface area contributed by atoms with Gasteiger partial charge in [0, 0.05) is 18.9 Å². The van der Waals surface area contributed by atoms with Gasteiger partial charge in [0.1, 0.15) is 10.4 Å². The summed E-state index contributed by atoms with van der Waals surface area (Å²) in [6.45, 7) is 0. The van der Waals surface area contributed by atoms with Gasteiger partial charge in [-0.3, -0.25) is 4.55 Å². The SMILES string of the molecule is O=S(=O)(O)c1ccc2nnsc2c1Cl.[Li]. The molecule has 1 radical (unpaired) electrons. The molecule has 0 atom stereocenters. The van der Waals surface area contributed by atoms with Crippen molar-refractivity contribution >= 4 is 62.3 Å². The van der Waals surface area contributed by atoms with Gasteiger partial charge in [-0.15, -0.1) is 5.10 Å². The van der Waals surface area contributed by atoms with Gasteiger partial charge in [0.25, 0.3) is 10.1 Å². The molecule has 5 nitrogen and oxygen atoms in total. The number of hydrogen-bond acceptors (Lipinski definition) is 5. The first-order chi connectivity index (χ1) is 6.50. The molecule has 1 aromatic heterocycles. The predicted octanol–water partition coefficient (Wildman–Crippen LogP) is 1.21. The standard InChI is InChI=1S/C6H3ClN2O3S2.Li/c7-5-4(14(10,11)12)2-1-3-6(5)13-9-8-3;/h1-2H,(H,10,11,12);. The molecule has 0 fully saturated rings. The summed E-state index contributed by atoms with van der Waals surface area (Å²) in [5, 5.41) is 3.67. The molecule has 0 unspecified atom stereocenters. The maximum absolute atomic E-state index is 10.9. The predicted molar refractivity (Wildman–Crippen MR) is 58.0 cm³/mol. The Bertz CT molecular complexity index is 597. The van der Waals surface area contributed by atoms with Gasteiger partial charge in [0.05, 0.1) is 9.72 Å². The Kier molecular flexibility index (Phi) is 3.76. The van der Waals surface area contributed by atoms with E-state index < -0.39 is 10.1 Å². The van der Waals surface area contributed by atoms with Gasteiger partial charge < -0.3 is 0 Å². The number of rotatable bonds is 1. The fourth-order valence-electron chi connectivity index (χ4n) is 0.998. The van der Waals surface area contributed by atoms with Crippen LogP contribution >= 0.6 is 23.1 Å². The minimum atomic E-state index is -4.28. The molecular weight excluding hydrogens is 255 g/mol. The molecule has 1 aromatic carbocycles. The Morgan fingerprint density at radius 1 is 1.40 bits per heavy atom. The summed E-state index contributed by atoms with van der Waals surface area (Å²) in [5.74, 6) is 0. The van der Waals surface area contributed by atoms with Gasteiger partial charge >= 0.3 is 0 Å². The van der Waals surface area contributed by atoms with Crippen LogP contribution in [0, 0.1) is 0 Å². The Labute approximate surface area is 107 Å². The van der Waals surface area contributed by atoms with Crippen molar-refractivity contribution in [2.75, 3.05) is 0 Å². The molecule has 0 aliphatic heterocycles. The molecule has 0 aliphatic carbocycles. The van der Waals surface area contributed by atoms with Gasteiger partial charge in [0.15, 0.2) is 0 Å². The number of halogens is 1. The van der Waals surface area contributed by atoms with Crippen molar-refractivity contribution in [2.45, 2.75) is 4.90 Å². The number of benzene rings is 1. The van der Waals surface area contributed by atoms with E-state index in [1.165, 1.54) is 12.1 Å². The van der Waals surface area contributed by atoms with Gasteiger partial charge in [-0.1, -0.05) is 16.1 Å². The van der Waals surface area contributed by atoms with Crippen molar-refractivity contribution in [2.24, 2.45) is 0 Å². The van der Waals surface area contributed by atoms with Crippen molar-refractivity contribution in [1.29, 1.82) is 0 Å². The van der Waals surface area contributed by atoms with Crippen molar-refractivity contribution in [3.8, 4) is 0 Å². The third-order valence-electron chi connectivity index (χ3n) is 1.60. The van der Waals surface area contributed by atoms with E-state index in [2.05, 4.69) is 9.59 Å². The molecule has 0 amide bonds. The third-order valence-corrected chi connectivity index (χ3v) is 3.87. The number of fused-ring (bicyclic) bond motifs is 1. The van der Waals surface area contributed by atoms with E-state index in [0.717, 1.165) is 11.5 Å². The monoisotopic (exact) mass is 257 g/mol. The van der Waals surface area contributed by atoms with Crippen LogP contribution < -0.4 is 0 Å². The van der Waals surface area contributed by atoms with Gasteiger partial charge in [0.2, 0.25) is 0 Å². The van der Waals surface area contributed by atoms with Crippen LogP contribution in [0.3, 0.4) is 0 Å². The van der Waals surface area contributed by atoms with Crippen LogP contribution in [0.4, 0.5) is 0 Å². The Hall–Kier alpha value is -0.163. The molecule has 0 bridgehead atoms. The third kappa shape index (κ3) is 2.33. The largest absolute Gasteiger partial charge is 0.296 e. The summed E-state index contributed by atoms with van der Waals surface area (Å²) < 4.78 is 34.6. The number of hydrogen-bond donors (Lipinski definition) is 1.